The maximum Gasteiger partial charge on any atom is 0.314 e. The quantitative estimate of drug-likeness (QED) is 0.898. The van der Waals surface area contributed by atoms with Crippen LogP contribution in [-0.4, -0.2) is 30.1 Å². The van der Waals surface area contributed by atoms with Crippen molar-refractivity contribution in [2.75, 3.05) is 13.1 Å². The lowest BCUT2D eigenvalue weighted by Crippen LogP contribution is -2.48. The molecule has 1 saturated heterocycles. The van der Waals surface area contributed by atoms with Gasteiger partial charge in [-0.15, -0.1) is 0 Å². The zero-order valence-electron chi connectivity index (χ0n) is 12.8. The van der Waals surface area contributed by atoms with Crippen LogP contribution in [0, 0.1) is 11.7 Å². The number of likely N-dealkylation sites (tertiary alicyclic amines) is 1. The first-order chi connectivity index (χ1) is 10.6. The van der Waals surface area contributed by atoms with Gasteiger partial charge in [0.25, 0.3) is 0 Å². The number of nitrogens with one attached hydrogen (secondary N) is 1. The monoisotopic (exact) mass is 305 g/mol. The Morgan fingerprint density at radius 2 is 1.82 bits per heavy atom. The predicted octanol–water partition coefficient (Wildman–Crippen LogP) is 2.80. The van der Waals surface area contributed by atoms with Gasteiger partial charge in [-0.1, -0.05) is 18.6 Å². The summed E-state index contributed by atoms with van der Waals surface area (Å²) >= 11 is 0. The number of hydrogen-bond donors (Lipinski definition) is 2. The lowest BCUT2D eigenvalue weighted by atomic mass is 9.76. The minimum Gasteiger partial charge on any atom is -0.351 e. The smallest absolute Gasteiger partial charge is 0.314 e. The second-order valence-corrected chi connectivity index (χ2v) is 6.49. The van der Waals surface area contributed by atoms with Crippen LogP contribution in [0.1, 0.15) is 43.7 Å². The number of rotatable bonds is 4. The number of piperidine rings is 1. The van der Waals surface area contributed by atoms with Crippen LogP contribution in [0.25, 0.3) is 0 Å². The van der Waals surface area contributed by atoms with Gasteiger partial charge in [-0.25, -0.2) is 9.18 Å². The minimum atomic E-state index is -0.326. The molecule has 4 nitrogen and oxygen atoms in total. The fraction of sp³-hybridized carbons (Fsp3) is 0.588. The Hall–Kier alpha value is -1.62. The molecular formula is C17H24FN3O. The molecule has 0 bridgehead atoms. The molecule has 1 heterocycles. The Morgan fingerprint density at radius 1 is 1.18 bits per heavy atom. The number of nitrogens with two attached hydrogens (primary N) is 1. The molecule has 1 aliphatic heterocycles. The van der Waals surface area contributed by atoms with Crippen molar-refractivity contribution >= 4 is 6.03 Å². The third-order valence-corrected chi connectivity index (χ3v) is 5.07. The van der Waals surface area contributed by atoms with E-state index in [1.165, 1.54) is 24.8 Å². The lowest BCUT2D eigenvalue weighted by molar-refractivity contribution is 0.164. The predicted molar refractivity (Wildman–Crippen MR) is 83.8 cm³/mol. The summed E-state index contributed by atoms with van der Waals surface area (Å²) in [5.41, 5.74) is 6.50. The Balaban J connectivity index is 1.64. The molecule has 2 aliphatic rings. The van der Waals surface area contributed by atoms with Gasteiger partial charge in [-0.05, 0) is 49.3 Å². The van der Waals surface area contributed by atoms with E-state index in [4.69, 9.17) is 5.73 Å². The van der Waals surface area contributed by atoms with Gasteiger partial charge in [0.05, 0.1) is 0 Å². The highest BCUT2D eigenvalue weighted by Gasteiger charge is 2.31. The zero-order valence-corrected chi connectivity index (χ0v) is 12.8. The van der Waals surface area contributed by atoms with Crippen molar-refractivity contribution in [3.05, 3.63) is 35.6 Å². The Labute approximate surface area is 130 Å². The first-order valence-electron chi connectivity index (χ1n) is 8.19. The van der Waals surface area contributed by atoms with Crippen LogP contribution in [-0.2, 0) is 0 Å². The molecule has 1 saturated carbocycles. The van der Waals surface area contributed by atoms with Crippen LogP contribution >= 0.6 is 0 Å². The molecule has 2 amide bonds. The topological polar surface area (TPSA) is 58.4 Å². The van der Waals surface area contributed by atoms with Crippen LogP contribution in [0.4, 0.5) is 9.18 Å². The molecule has 1 unspecified atom stereocenters. The van der Waals surface area contributed by atoms with Crippen molar-refractivity contribution in [3.63, 3.8) is 0 Å². The summed E-state index contributed by atoms with van der Waals surface area (Å²) in [6, 6.07) is 7.23. The lowest BCUT2D eigenvalue weighted by Gasteiger charge is -2.39. The molecule has 0 radical (unpaired) electrons. The summed E-state index contributed by atoms with van der Waals surface area (Å²) in [5.74, 6) is 0.450. The summed E-state index contributed by atoms with van der Waals surface area (Å²) in [5, 5.41) is 3.75. The molecule has 22 heavy (non-hydrogen) atoms. The number of carbonyl (C=O) groups is 1. The maximum absolute atomic E-state index is 13.2. The van der Waals surface area contributed by atoms with E-state index in [0.29, 0.717) is 31.1 Å². The number of nitrogens with zero attached hydrogens (tertiary/aromatic N) is 1. The van der Waals surface area contributed by atoms with Crippen LogP contribution in [0.15, 0.2) is 24.3 Å². The molecule has 1 atom stereocenters. The number of urea groups is 1. The fourth-order valence-corrected chi connectivity index (χ4v) is 3.47. The van der Waals surface area contributed by atoms with E-state index in [2.05, 4.69) is 5.32 Å². The third-order valence-electron chi connectivity index (χ3n) is 5.07. The zero-order chi connectivity index (χ0) is 15.5. The molecule has 0 aromatic heterocycles. The Bertz CT molecular complexity index is 507. The summed E-state index contributed by atoms with van der Waals surface area (Å²) in [4.78, 5) is 12.9. The largest absolute Gasteiger partial charge is 0.351 e. The molecule has 0 spiro atoms. The number of benzene rings is 1. The minimum absolute atomic E-state index is 0.189. The van der Waals surface area contributed by atoms with Crippen molar-refractivity contribution in [2.24, 2.45) is 11.7 Å². The van der Waals surface area contributed by atoms with Crippen molar-refractivity contribution in [3.8, 4) is 0 Å². The average molecular weight is 305 g/mol. The van der Waals surface area contributed by atoms with E-state index in [-0.39, 0.29) is 11.8 Å². The van der Waals surface area contributed by atoms with E-state index in [0.717, 1.165) is 12.8 Å². The van der Waals surface area contributed by atoms with Gasteiger partial charge in [-0.3, -0.25) is 0 Å². The standard InChI is InChI=1S/C17H24FN3O/c18-14-6-4-13(5-7-14)16(12-2-1-3-12)20-15-8-10-21(11-9-15)17(19)22/h4-7,12,15-16,20H,1-3,8-11H2,(H2,19,22). The maximum atomic E-state index is 13.2. The summed E-state index contributed by atoms with van der Waals surface area (Å²) in [7, 11) is 0. The van der Waals surface area contributed by atoms with Crippen LogP contribution < -0.4 is 11.1 Å². The molecule has 1 aromatic rings. The van der Waals surface area contributed by atoms with Crippen molar-refractivity contribution in [1.82, 2.24) is 10.2 Å². The molecule has 5 heteroatoms. The Kier molecular flexibility index (Phi) is 4.62. The van der Waals surface area contributed by atoms with E-state index >= 15 is 0 Å². The van der Waals surface area contributed by atoms with Gasteiger partial charge in [0, 0.05) is 25.2 Å². The van der Waals surface area contributed by atoms with Gasteiger partial charge in [0.15, 0.2) is 0 Å². The summed E-state index contributed by atoms with van der Waals surface area (Å²) < 4.78 is 13.2. The average Bonchev–Trinajstić information content (AvgIpc) is 2.46. The highest BCUT2D eigenvalue weighted by molar-refractivity contribution is 5.72. The number of primary amides is 1. The molecule has 1 aliphatic carbocycles. The number of carbonyl (C=O) groups excluding carboxylic acids is 1. The van der Waals surface area contributed by atoms with E-state index in [9.17, 15) is 9.18 Å². The van der Waals surface area contributed by atoms with E-state index < -0.39 is 0 Å². The highest BCUT2D eigenvalue weighted by Crippen LogP contribution is 2.38. The highest BCUT2D eigenvalue weighted by atomic mass is 19.1. The van der Waals surface area contributed by atoms with Crippen LogP contribution in [0.2, 0.25) is 0 Å². The van der Waals surface area contributed by atoms with Crippen LogP contribution in [0.3, 0.4) is 0 Å². The Morgan fingerprint density at radius 3 is 2.32 bits per heavy atom. The normalized spacial score (nSPS) is 21.4. The second-order valence-electron chi connectivity index (χ2n) is 6.49. The van der Waals surface area contributed by atoms with Gasteiger partial charge < -0.3 is 16.0 Å². The molecule has 1 aromatic carbocycles. The fourth-order valence-electron chi connectivity index (χ4n) is 3.47. The molecule has 2 fully saturated rings. The third kappa shape index (κ3) is 3.40. The molecule has 3 N–H and O–H groups in total. The SMILES string of the molecule is NC(=O)N1CCC(NC(c2ccc(F)cc2)C2CCC2)CC1. The molecule has 3 rings (SSSR count). The van der Waals surface area contributed by atoms with Crippen molar-refractivity contribution in [2.45, 2.75) is 44.2 Å². The first kappa shape index (κ1) is 15.3. The van der Waals surface area contributed by atoms with Gasteiger partial charge in [0.1, 0.15) is 5.82 Å². The van der Waals surface area contributed by atoms with Gasteiger partial charge in [-0.2, -0.15) is 0 Å². The summed E-state index contributed by atoms with van der Waals surface area (Å²) in [6.07, 6.45) is 5.59. The van der Waals surface area contributed by atoms with Gasteiger partial charge in [0.2, 0.25) is 0 Å². The number of hydrogen-bond acceptors (Lipinski definition) is 2. The number of halogens is 1. The first-order valence-corrected chi connectivity index (χ1v) is 8.19. The second kappa shape index (κ2) is 6.65. The van der Waals surface area contributed by atoms with E-state index in [1.54, 1.807) is 17.0 Å². The molecular weight excluding hydrogens is 281 g/mol. The molecule has 120 valence electrons. The van der Waals surface area contributed by atoms with Crippen molar-refractivity contribution in [1.29, 1.82) is 0 Å². The van der Waals surface area contributed by atoms with Crippen LogP contribution in [0.5, 0.6) is 0 Å². The van der Waals surface area contributed by atoms with Gasteiger partial charge >= 0.3 is 6.03 Å². The number of amides is 2. The van der Waals surface area contributed by atoms with Crippen molar-refractivity contribution < 1.29 is 9.18 Å². The van der Waals surface area contributed by atoms with E-state index in [1.807, 2.05) is 12.1 Å². The summed E-state index contributed by atoms with van der Waals surface area (Å²) in [6.45, 7) is 1.43.